The van der Waals surface area contributed by atoms with Crippen LogP contribution in [0.1, 0.15) is 19.3 Å². The first-order chi connectivity index (χ1) is 5.95. The Hall–Kier alpha value is -0.830. The van der Waals surface area contributed by atoms with Crippen LogP contribution >= 0.6 is 0 Å². The molecule has 0 spiro atoms. The Morgan fingerprint density at radius 1 is 1.42 bits per heavy atom. The summed E-state index contributed by atoms with van der Waals surface area (Å²) in [6.07, 6.45) is 7.75. The second-order valence-electron chi connectivity index (χ2n) is 3.18. The van der Waals surface area contributed by atoms with Gasteiger partial charge in [0.05, 0.1) is 0 Å². The normalized spacial score (nSPS) is 24.2. The largest absolute Gasteiger partial charge is 0.472 e. The molecule has 1 saturated heterocycles. The van der Waals surface area contributed by atoms with E-state index in [1.165, 1.54) is 6.42 Å². The molecule has 2 heterocycles. The molecule has 0 bridgehead atoms. The van der Waals surface area contributed by atoms with Gasteiger partial charge in [-0.15, -0.1) is 0 Å². The molecular weight excluding hydrogens is 152 g/mol. The molecule has 2 aliphatic rings. The molecule has 0 aromatic carbocycles. The number of rotatable bonds is 2. The van der Waals surface area contributed by atoms with E-state index in [1.54, 1.807) is 0 Å². The average molecular weight is 166 g/mol. The topological polar surface area (TPSA) is 33.6 Å². The van der Waals surface area contributed by atoms with Crippen molar-refractivity contribution in [3.05, 3.63) is 12.0 Å². The highest BCUT2D eigenvalue weighted by molar-refractivity contribution is 5.58. The van der Waals surface area contributed by atoms with Gasteiger partial charge < -0.3 is 10.1 Å². The van der Waals surface area contributed by atoms with Crippen LogP contribution in [0.15, 0.2) is 17.0 Å². The van der Waals surface area contributed by atoms with E-state index in [9.17, 15) is 0 Å². The molecule has 0 aliphatic carbocycles. The van der Waals surface area contributed by atoms with E-state index >= 15 is 0 Å². The summed E-state index contributed by atoms with van der Waals surface area (Å²) < 4.78 is 5.61. The predicted octanol–water partition coefficient (Wildman–Crippen LogP) is 1.07. The van der Waals surface area contributed by atoms with Gasteiger partial charge in [0.2, 0.25) is 5.88 Å². The number of nitrogens with zero attached hydrogens (tertiary/aromatic N) is 1. The zero-order valence-corrected chi connectivity index (χ0v) is 7.12. The number of aliphatic imine (C=N–C) groups is 1. The summed E-state index contributed by atoms with van der Waals surface area (Å²) in [5.74, 6) is 0.819. The Morgan fingerprint density at radius 3 is 3.08 bits per heavy atom. The lowest BCUT2D eigenvalue weighted by molar-refractivity contribution is 0.0699. The lowest BCUT2D eigenvalue weighted by Gasteiger charge is -2.27. The average Bonchev–Trinajstić information content (AvgIpc) is 2.24. The molecule has 1 fully saturated rings. The van der Waals surface area contributed by atoms with Gasteiger partial charge in [-0.2, -0.15) is 0 Å². The summed E-state index contributed by atoms with van der Waals surface area (Å²) >= 11 is 0. The maximum atomic E-state index is 5.61. The summed E-state index contributed by atoms with van der Waals surface area (Å²) in [6, 6.07) is 0. The van der Waals surface area contributed by atoms with Crippen LogP contribution in [-0.4, -0.2) is 25.4 Å². The number of hydrogen-bond donors (Lipinski definition) is 1. The number of ether oxygens (including phenoxy) is 1. The fourth-order valence-electron chi connectivity index (χ4n) is 1.24. The molecule has 0 unspecified atom stereocenters. The minimum atomic E-state index is 0.353. The van der Waals surface area contributed by atoms with Crippen molar-refractivity contribution in [3.63, 3.8) is 0 Å². The van der Waals surface area contributed by atoms with Crippen LogP contribution in [0.5, 0.6) is 0 Å². The molecule has 0 aromatic rings. The molecule has 0 amide bonds. The number of allylic oxidation sites excluding steroid dienone is 1. The molecule has 66 valence electrons. The quantitative estimate of drug-likeness (QED) is 0.665. The highest BCUT2D eigenvalue weighted by Gasteiger charge is 2.18. The maximum Gasteiger partial charge on any atom is 0.209 e. The van der Waals surface area contributed by atoms with Crippen LogP contribution in [0.2, 0.25) is 0 Å². The van der Waals surface area contributed by atoms with Gasteiger partial charge in [0.15, 0.2) is 0 Å². The van der Waals surface area contributed by atoms with Crippen LogP contribution in [0.4, 0.5) is 0 Å². The van der Waals surface area contributed by atoms with Gasteiger partial charge in [0.25, 0.3) is 0 Å². The van der Waals surface area contributed by atoms with Gasteiger partial charge in [-0.1, -0.05) is 0 Å². The third-order valence-corrected chi connectivity index (χ3v) is 2.11. The molecule has 0 aromatic heterocycles. The molecule has 2 aliphatic heterocycles. The lowest BCUT2D eigenvalue weighted by Crippen LogP contribution is -2.48. The van der Waals surface area contributed by atoms with Crippen molar-refractivity contribution in [2.75, 3.05) is 13.1 Å². The minimum Gasteiger partial charge on any atom is -0.472 e. The van der Waals surface area contributed by atoms with Crippen LogP contribution in [0, 0.1) is 0 Å². The monoisotopic (exact) mass is 166 g/mol. The first-order valence-corrected chi connectivity index (χ1v) is 4.55. The maximum absolute atomic E-state index is 5.61. The van der Waals surface area contributed by atoms with E-state index in [-0.39, 0.29) is 0 Å². The fraction of sp³-hybridized carbons (Fsp3) is 0.667. The van der Waals surface area contributed by atoms with Crippen molar-refractivity contribution >= 4 is 6.21 Å². The Labute approximate surface area is 72.5 Å². The molecule has 0 radical (unpaired) electrons. The van der Waals surface area contributed by atoms with Crippen LogP contribution < -0.4 is 5.32 Å². The van der Waals surface area contributed by atoms with Crippen molar-refractivity contribution in [1.82, 2.24) is 5.32 Å². The summed E-state index contributed by atoms with van der Waals surface area (Å²) in [5, 5.41) is 3.16. The van der Waals surface area contributed by atoms with Crippen LogP contribution in [0.3, 0.4) is 0 Å². The van der Waals surface area contributed by atoms with Gasteiger partial charge in [-0.05, 0) is 25.3 Å². The first-order valence-electron chi connectivity index (χ1n) is 4.55. The standard InChI is InChI=1S/C9H14N2O/c1-2-4-9(11-5-3-1)12-8-6-10-7-8/h4-5,8,10H,1-3,6-7H2. The van der Waals surface area contributed by atoms with Crippen molar-refractivity contribution in [2.24, 2.45) is 4.99 Å². The predicted molar refractivity (Wildman–Crippen MR) is 48.2 cm³/mol. The minimum absolute atomic E-state index is 0.353. The van der Waals surface area contributed by atoms with Gasteiger partial charge >= 0.3 is 0 Å². The SMILES string of the molecule is C1=NC(OC2CNC2)=CCCC1. The van der Waals surface area contributed by atoms with Crippen molar-refractivity contribution in [2.45, 2.75) is 25.4 Å². The van der Waals surface area contributed by atoms with Gasteiger partial charge in [-0.3, -0.25) is 0 Å². The number of nitrogens with one attached hydrogen (secondary N) is 1. The van der Waals surface area contributed by atoms with E-state index in [1.807, 2.05) is 6.21 Å². The third-order valence-electron chi connectivity index (χ3n) is 2.11. The summed E-state index contributed by atoms with van der Waals surface area (Å²) in [7, 11) is 0. The third kappa shape index (κ3) is 1.85. The molecular formula is C9H14N2O. The van der Waals surface area contributed by atoms with E-state index in [0.717, 1.165) is 31.8 Å². The molecule has 1 N–H and O–H groups in total. The van der Waals surface area contributed by atoms with Crippen molar-refractivity contribution in [3.8, 4) is 0 Å². The second-order valence-corrected chi connectivity index (χ2v) is 3.18. The van der Waals surface area contributed by atoms with Crippen LogP contribution in [-0.2, 0) is 4.74 Å². The zero-order valence-electron chi connectivity index (χ0n) is 7.12. The Kier molecular flexibility index (Phi) is 2.42. The smallest absolute Gasteiger partial charge is 0.209 e. The highest BCUT2D eigenvalue weighted by Crippen LogP contribution is 2.12. The van der Waals surface area contributed by atoms with Crippen molar-refractivity contribution in [1.29, 1.82) is 0 Å². The highest BCUT2D eigenvalue weighted by atomic mass is 16.5. The van der Waals surface area contributed by atoms with E-state index in [0.29, 0.717) is 6.10 Å². The molecule has 0 atom stereocenters. The molecule has 12 heavy (non-hydrogen) atoms. The first kappa shape index (κ1) is 7.80. The van der Waals surface area contributed by atoms with Gasteiger partial charge in [0.1, 0.15) is 6.10 Å². The Morgan fingerprint density at radius 2 is 2.33 bits per heavy atom. The molecule has 2 rings (SSSR count). The zero-order chi connectivity index (χ0) is 8.23. The Balaban J connectivity index is 1.87. The molecule has 3 heteroatoms. The van der Waals surface area contributed by atoms with Crippen LogP contribution in [0.25, 0.3) is 0 Å². The summed E-state index contributed by atoms with van der Waals surface area (Å²) in [5.41, 5.74) is 0. The van der Waals surface area contributed by atoms with Gasteiger partial charge in [-0.25, -0.2) is 4.99 Å². The summed E-state index contributed by atoms with van der Waals surface area (Å²) in [4.78, 5) is 4.23. The van der Waals surface area contributed by atoms with E-state index in [4.69, 9.17) is 4.74 Å². The molecule has 3 nitrogen and oxygen atoms in total. The molecule has 0 saturated carbocycles. The lowest BCUT2D eigenvalue weighted by atomic mass is 10.2. The Bertz CT molecular complexity index is 207. The van der Waals surface area contributed by atoms with Gasteiger partial charge in [0, 0.05) is 19.3 Å². The van der Waals surface area contributed by atoms with E-state index < -0.39 is 0 Å². The fourth-order valence-corrected chi connectivity index (χ4v) is 1.24. The number of hydrogen-bond acceptors (Lipinski definition) is 3. The second kappa shape index (κ2) is 3.72. The van der Waals surface area contributed by atoms with Crippen molar-refractivity contribution < 1.29 is 4.74 Å². The summed E-state index contributed by atoms with van der Waals surface area (Å²) in [6.45, 7) is 1.93. The van der Waals surface area contributed by atoms with E-state index in [2.05, 4.69) is 16.4 Å².